The molecule has 3 aliphatic rings. The van der Waals surface area contributed by atoms with Crippen LogP contribution in [0.3, 0.4) is 0 Å². The molecule has 4 rings (SSSR count). The largest absolute Gasteiger partial charge is 0.381 e. The van der Waals surface area contributed by atoms with Crippen molar-refractivity contribution in [2.24, 2.45) is 0 Å². The van der Waals surface area contributed by atoms with Crippen LogP contribution >= 0.6 is 0 Å². The number of aromatic nitrogens is 2. The topological polar surface area (TPSA) is 68.5 Å². The van der Waals surface area contributed by atoms with Crippen LogP contribution in [-0.2, 0) is 9.53 Å². The summed E-state index contributed by atoms with van der Waals surface area (Å²) in [6.07, 6.45) is 8.85. The van der Waals surface area contributed by atoms with Crippen LogP contribution in [0.15, 0.2) is 4.52 Å². The highest BCUT2D eigenvalue weighted by molar-refractivity contribution is 5.79. The van der Waals surface area contributed by atoms with E-state index in [0.717, 1.165) is 38.2 Å². The van der Waals surface area contributed by atoms with Crippen LogP contribution in [0, 0.1) is 0 Å². The van der Waals surface area contributed by atoms with Gasteiger partial charge in [-0.3, -0.25) is 4.79 Å². The maximum absolute atomic E-state index is 12.4. The molecule has 2 atom stereocenters. The van der Waals surface area contributed by atoms with Crippen LogP contribution in [-0.4, -0.2) is 46.7 Å². The van der Waals surface area contributed by atoms with Crippen molar-refractivity contribution < 1.29 is 14.1 Å². The zero-order valence-corrected chi connectivity index (χ0v) is 13.6. The Labute approximate surface area is 136 Å². The molecule has 2 aliphatic heterocycles. The lowest BCUT2D eigenvalue weighted by Crippen LogP contribution is -2.36. The Morgan fingerprint density at radius 2 is 1.87 bits per heavy atom. The van der Waals surface area contributed by atoms with E-state index in [1.54, 1.807) is 0 Å². The SMILES string of the molecule is O=C1C[C@H](c2nc([C@H]3CCOC3)no2)CN1C1CCCCCC1. The molecular formula is C17H25N3O3. The van der Waals surface area contributed by atoms with Crippen molar-refractivity contribution >= 4 is 5.91 Å². The van der Waals surface area contributed by atoms with Gasteiger partial charge in [0.25, 0.3) is 0 Å². The molecule has 0 aromatic carbocycles. The van der Waals surface area contributed by atoms with Crippen LogP contribution in [0.1, 0.15) is 74.9 Å². The molecule has 0 spiro atoms. The quantitative estimate of drug-likeness (QED) is 0.801. The molecule has 0 bridgehead atoms. The number of carbonyl (C=O) groups is 1. The van der Waals surface area contributed by atoms with Gasteiger partial charge in [-0.1, -0.05) is 30.8 Å². The summed E-state index contributed by atoms with van der Waals surface area (Å²) in [5, 5.41) is 4.12. The van der Waals surface area contributed by atoms with E-state index < -0.39 is 0 Å². The molecule has 1 aromatic rings. The molecule has 6 heteroatoms. The molecule has 23 heavy (non-hydrogen) atoms. The molecule has 1 amide bonds. The number of likely N-dealkylation sites (tertiary alicyclic amines) is 1. The van der Waals surface area contributed by atoms with Crippen molar-refractivity contribution in [1.82, 2.24) is 15.0 Å². The minimum atomic E-state index is 0.0642. The van der Waals surface area contributed by atoms with Gasteiger partial charge in [0.1, 0.15) is 0 Å². The van der Waals surface area contributed by atoms with Gasteiger partial charge in [0.15, 0.2) is 5.82 Å². The maximum Gasteiger partial charge on any atom is 0.232 e. The average molecular weight is 319 g/mol. The Kier molecular flexibility index (Phi) is 4.33. The first kappa shape index (κ1) is 15.1. The third-order valence-electron chi connectivity index (χ3n) is 5.53. The summed E-state index contributed by atoms with van der Waals surface area (Å²) >= 11 is 0. The van der Waals surface area contributed by atoms with E-state index in [2.05, 4.69) is 15.0 Å². The smallest absolute Gasteiger partial charge is 0.232 e. The fraction of sp³-hybridized carbons (Fsp3) is 0.824. The predicted molar refractivity (Wildman–Crippen MR) is 83.0 cm³/mol. The van der Waals surface area contributed by atoms with Crippen LogP contribution in [0.2, 0.25) is 0 Å². The van der Waals surface area contributed by atoms with E-state index in [4.69, 9.17) is 9.26 Å². The van der Waals surface area contributed by atoms with Crippen molar-refractivity contribution in [3.05, 3.63) is 11.7 Å². The summed E-state index contributed by atoms with van der Waals surface area (Å²) in [5.74, 6) is 1.96. The molecular weight excluding hydrogens is 294 g/mol. The zero-order valence-electron chi connectivity index (χ0n) is 13.6. The van der Waals surface area contributed by atoms with E-state index in [9.17, 15) is 4.79 Å². The van der Waals surface area contributed by atoms with E-state index in [0.29, 0.717) is 25.0 Å². The highest BCUT2D eigenvalue weighted by atomic mass is 16.5. The third-order valence-corrected chi connectivity index (χ3v) is 5.53. The number of nitrogens with zero attached hydrogens (tertiary/aromatic N) is 3. The lowest BCUT2D eigenvalue weighted by molar-refractivity contribution is -0.129. The van der Waals surface area contributed by atoms with Gasteiger partial charge in [-0.15, -0.1) is 0 Å². The maximum atomic E-state index is 12.4. The van der Waals surface area contributed by atoms with Crippen molar-refractivity contribution in [3.63, 3.8) is 0 Å². The van der Waals surface area contributed by atoms with Crippen molar-refractivity contribution in [3.8, 4) is 0 Å². The molecule has 1 aliphatic carbocycles. The summed E-state index contributed by atoms with van der Waals surface area (Å²) in [4.78, 5) is 19.1. The number of carbonyl (C=O) groups excluding carboxylic acids is 1. The molecule has 0 unspecified atom stereocenters. The fourth-order valence-electron chi connectivity index (χ4n) is 4.14. The summed E-state index contributed by atoms with van der Waals surface area (Å²) in [7, 11) is 0. The van der Waals surface area contributed by atoms with Crippen molar-refractivity contribution in [2.45, 2.75) is 69.2 Å². The first-order valence-electron chi connectivity index (χ1n) is 9.02. The first-order valence-corrected chi connectivity index (χ1v) is 9.02. The summed E-state index contributed by atoms with van der Waals surface area (Å²) in [6, 6.07) is 0.417. The normalized spacial score (nSPS) is 30.1. The minimum absolute atomic E-state index is 0.0642. The van der Waals surface area contributed by atoms with Gasteiger partial charge in [0.05, 0.1) is 12.5 Å². The van der Waals surface area contributed by atoms with E-state index in [-0.39, 0.29) is 17.7 Å². The summed E-state index contributed by atoms with van der Waals surface area (Å²) in [6.45, 7) is 2.19. The van der Waals surface area contributed by atoms with Gasteiger partial charge in [-0.05, 0) is 19.3 Å². The lowest BCUT2D eigenvalue weighted by atomic mass is 10.1. The second-order valence-electron chi connectivity index (χ2n) is 7.14. The molecule has 126 valence electrons. The van der Waals surface area contributed by atoms with Crippen LogP contribution in [0.5, 0.6) is 0 Å². The van der Waals surface area contributed by atoms with E-state index in [1.807, 2.05) is 0 Å². The Morgan fingerprint density at radius 3 is 2.61 bits per heavy atom. The molecule has 0 radical (unpaired) electrons. The second kappa shape index (κ2) is 6.59. The third kappa shape index (κ3) is 3.13. The van der Waals surface area contributed by atoms with Gasteiger partial charge >= 0.3 is 0 Å². The zero-order chi connectivity index (χ0) is 15.6. The number of amides is 1. The highest BCUT2D eigenvalue weighted by Crippen LogP contribution is 2.33. The first-order chi connectivity index (χ1) is 11.3. The predicted octanol–water partition coefficient (Wildman–Crippen LogP) is 2.61. The van der Waals surface area contributed by atoms with Gasteiger partial charge < -0.3 is 14.2 Å². The summed E-state index contributed by atoms with van der Waals surface area (Å²) in [5.41, 5.74) is 0. The molecule has 6 nitrogen and oxygen atoms in total. The van der Waals surface area contributed by atoms with Gasteiger partial charge in [0, 0.05) is 31.5 Å². The minimum Gasteiger partial charge on any atom is -0.381 e. The fourth-order valence-corrected chi connectivity index (χ4v) is 4.14. The standard InChI is InChI=1S/C17H25N3O3/c21-15-9-13(10-20(15)14-5-3-1-2-4-6-14)17-18-16(19-23-17)12-7-8-22-11-12/h12-14H,1-11H2/t12-,13-/m0/s1. The van der Waals surface area contributed by atoms with Crippen molar-refractivity contribution in [1.29, 1.82) is 0 Å². The Morgan fingerprint density at radius 1 is 1.04 bits per heavy atom. The van der Waals surface area contributed by atoms with Crippen LogP contribution in [0.25, 0.3) is 0 Å². The van der Waals surface area contributed by atoms with Crippen LogP contribution < -0.4 is 0 Å². The van der Waals surface area contributed by atoms with Gasteiger partial charge in [0.2, 0.25) is 11.8 Å². The summed E-state index contributed by atoms with van der Waals surface area (Å²) < 4.78 is 10.9. The Bertz CT molecular complexity index is 545. The van der Waals surface area contributed by atoms with Crippen molar-refractivity contribution in [2.75, 3.05) is 19.8 Å². The van der Waals surface area contributed by atoms with E-state index in [1.165, 1.54) is 25.7 Å². The number of hydrogen-bond donors (Lipinski definition) is 0. The molecule has 1 saturated carbocycles. The van der Waals surface area contributed by atoms with E-state index >= 15 is 0 Å². The lowest BCUT2D eigenvalue weighted by Gasteiger charge is -2.26. The number of rotatable bonds is 3. The number of hydrogen-bond acceptors (Lipinski definition) is 5. The van der Waals surface area contributed by atoms with Gasteiger partial charge in [-0.25, -0.2) is 0 Å². The Balaban J connectivity index is 1.43. The second-order valence-corrected chi connectivity index (χ2v) is 7.14. The molecule has 3 fully saturated rings. The average Bonchev–Trinajstić information content (AvgIpc) is 3.25. The molecule has 1 aromatic heterocycles. The monoisotopic (exact) mass is 319 g/mol. The molecule has 2 saturated heterocycles. The van der Waals surface area contributed by atoms with Crippen LogP contribution in [0.4, 0.5) is 0 Å². The highest BCUT2D eigenvalue weighted by Gasteiger charge is 2.38. The molecule has 0 N–H and O–H groups in total. The number of ether oxygens (including phenoxy) is 1. The molecule has 3 heterocycles. The Hall–Kier alpha value is -1.43. The van der Waals surface area contributed by atoms with Gasteiger partial charge in [-0.2, -0.15) is 4.98 Å².